The second-order valence-corrected chi connectivity index (χ2v) is 7.16. The molecule has 0 bridgehead atoms. The minimum atomic E-state index is -2.24. The smallest absolute Gasteiger partial charge is 0.140 e. The highest BCUT2D eigenvalue weighted by Gasteiger charge is 2.26. The molecule has 4 heteroatoms. The molecule has 1 aromatic carbocycles. The lowest BCUT2D eigenvalue weighted by molar-refractivity contribution is 0.199. The Bertz CT molecular complexity index is 508. The molecule has 1 fully saturated rings. The molecule has 2 aliphatic rings. The van der Waals surface area contributed by atoms with Crippen LogP contribution in [-0.2, 0) is 23.8 Å². The number of benzene rings is 1. The lowest BCUT2D eigenvalue weighted by Gasteiger charge is -2.30. The molecule has 1 heterocycles. The fourth-order valence-electron chi connectivity index (χ4n) is 3.61. The first-order valence-corrected chi connectivity index (χ1v) is 8.81. The molecule has 1 aliphatic carbocycles. The first-order chi connectivity index (χ1) is 9.70. The predicted molar refractivity (Wildman–Crippen MR) is 80.9 cm³/mol. The molecule has 0 amide bonds. The van der Waals surface area contributed by atoms with E-state index < -0.39 is 10.7 Å². The number of thiol groups is 1. The van der Waals surface area contributed by atoms with Crippen LogP contribution < -0.4 is 0 Å². The fraction of sp³-hybridized carbons (Fsp3) is 0.562. The van der Waals surface area contributed by atoms with Crippen molar-refractivity contribution >= 4 is 10.7 Å². The van der Waals surface area contributed by atoms with Crippen molar-refractivity contribution in [1.29, 1.82) is 0 Å². The summed E-state index contributed by atoms with van der Waals surface area (Å²) >= 11 is 0. The van der Waals surface area contributed by atoms with Gasteiger partial charge in [-0.05, 0) is 48.6 Å². The zero-order valence-electron chi connectivity index (χ0n) is 11.7. The summed E-state index contributed by atoms with van der Waals surface area (Å²) in [4.78, 5) is 2.51. The van der Waals surface area contributed by atoms with E-state index in [0.717, 1.165) is 32.5 Å². The molecule has 3 nitrogen and oxygen atoms in total. The van der Waals surface area contributed by atoms with Gasteiger partial charge in [0.15, 0.2) is 0 Å². The van der Waals surface area contributed by atoms with Crippen molar-refractivity contribution in [2.45, 2.75) is 32.4 Å². The first kappa shape index (κ1) is 14.1. The van der Waals surface area contributed by atoms with Crippen LogP contribution in [0.5, 0.6) is 0 Å². The van der Waals surface area contributed by atoms with Crippen molar-refractivity contribution in [1.82, 2.24) is 4.90 Å². The zero-order chi connectivity index (χ0) is 13.9. The number of fused-ring (bicyclic) bond motifs is 1. The van der Waals surface area contributed by atoms with Crippen molar-refractivity contribution in [3.05, 3.63) is 41.8 Å². The Balaban J connectivity index is 1.54. The maximum Gasteiger partial charge on any atom is 0.140 e. The Morgan fingerprint density at radius 2 is 1.85 bits per heavy atom. The molecule has 2 unspecified atom stereocenters. The van der Waals surface area contributed by atoms with Crippen LogP contribution in [0.15, 0.2) is 24.3 Å². The third-order valence-corrected chi connectivity index (χ3v) is 5.28. The van der Waals surface area contributed by atoms with Crippen molar-refractivity contribution in [2.24, 2.45) is 11.8 Å². The monoisotopic (exact) mass is 292 g/mol. The molecule has 3 rings (SSSR count). The molecule has 2 atom stereocenters. The Morgan fingerprint density at radius 1 is 1.15 bits per heavy atom. The van der Waals surface area contributed by atoms with Gasteiger partial charge < -0.3 is 0 Å². The van der Waals surface area contributed by atoms with Gasteiger partial charge in [-0.3, -0.25) is 4.90 Å². The molecular weight excluding hydrogens is 270 g/mol. The van der Waals surface area contributed by atoms with E-state index in [9.17, 15) is 8.42 Å². The Kier molecular flexibility index (Phi) is 4.41. The highest BCUT2D eigenvalue weighted by atomic mass is 32.2. The number of hydrogen-bond donors (Lipinski definition) is 1. The summed E-state index contributed by atoms with van der Waals surface area (Å²) in [5.74, 6) is 1.26. The lowest BCUT2D eigenvalue weighted by atomic mass is 9.82. The minimum absolute atomic E-state index is 0.278. The maximum atomic E-state index is 10.9. The van der Waals surface area contributed by atoms with Gasteiger partial charge in [-0.1, -0.05) is 24.3 Å². The Labute approximate surface area is 122 Å². The van der Waals surface area contributed by atoms with Crippen molar-refractivity contribution in [3.63, 3.8) is 0 Å². The SMILES string of the molecule is O=[SH](=O)CC1[CH]CCC(CN2Cc3ccccc3C2)C1. The number of nitrogens with zero attached hydrogens (tertiary/aromatic N) is 1. The standard InChI is InChI=1S/C16H22NO2S/c18-20(19)12-14-5-3-4-13(8-14)9-17-10-15-6-1-2-7-16(15)11-17/h1-2,5-7,13-14,20H,3-4,8-12H2. The van der Waals surface area contributed by atoms with Crippen LogP contribution in [0.2, 0.25) is 0 Å². The second kappa shape index (κ2) is 6.27. The van der Waals surface area contributed by atoms with Crippen LogP contribution in [0.4, 0.5) is 0 Å². The summed E-state index contributed by atoms with van der Waals surface area (Å²) in [6.07, 6.45) is 5.52. The van der Waals surface area contributed by atoms with Crippen LogP contribution in [-0.4, -0.2) is 25.6 Å². The van der Waals surface area contributed by atoms with E-state index in [-0.39, 0.29) is 5.92 Å². The summed E-state index contributed by atoms with van der Waals surface area (Å²) < 4.78 is 21.7. The lowest BCUT2D eigenvalue weighted by Crippen LogP contribution is -2.29. The molecule has 1 aromatic rings. The van der Waals surface area contributed by atoms with E-state index in [1.54, 1.807) is 0 Å². The van der Waals surface area contributed by atoms with Crippen LogP contribution in [0.1, 0.15) is 30.4 Å². The van der Waals surface area contributed by atoms with E-state index in [1.807, 2.05) is 0 Å². The number of hydrogen-bond acceptors (Lipinski definition) is 3. The summed E-state index contributed by atoms with van der Waals surface area (Å²) in [6, 6.07) is 8.65. The van der Waals surface area contributed by atoms with Crippen LogP contribution in [0.3, 0.4) is 0 Å². The van der Waals surface area contributed by atoms with Crippen LogP contribution in [0, 0.1) is 18.3 Å². The minimum Gasteiger partial charge on any atom is -0.295 e. The zero-order valence-corrected chi connectivity index (χ0v) is 12.6. The van der Waals surface area contributed by atoms with Gasteiger partial charge in [0.05, 0.1) is 5.75 Å². The summed E-state index contributed by atoms with van der Waals surface area (Å²) in [7, 11) is -2.24. The molecular formula is C16H22NO2S. The van der Waals surface area contributed by atoms with E-state index in [4.69, 9.17) is 0 Å². The Hall–Kier alpha value is -0.870. The van der Waals surface area contributed by atoms with Gasteiger partial charge in [0.25, 0.3) is 0 Å². The summed E-state index contributed by atoms with van der Waals surface area (Å²) in [5.41, 5.74) is 2.91. The third-order valence-electron chi connectivity index (χ3n) is 4.52. The van der Waals surface area contributed by atoms with Crippen LogP contribution >= 0.6 is 0 Å². The van der Waals surface area contributed by atoms with E-state index >= 15 is 0 Å². The maximum absolute atomic E-state index is 10.9. The van der Waals surface area contributed by atoms with Gasteiger partial charge in [0, 0.05) is 19.6 Å². The van der Waals surface area contributed by atoms with Crippen molar-refractivity contribution in [3.8, 4) is 0 Å². The van der Waals surface area contributed by atoms with Gasteiger partial charge in [-0.2, -0.15) is 0 Å². The largest absolute Gasteiger partial charge is 0.295 e. The topological polar surface area (TPSA) is 37.4 Å². The molecule has 1 saturated carbocycles. The molecule has 0 spiro atoms. The summed E-state index contributed by atoms with van der Waals surface area (Å²) in [5, 5.41) is 0. The summed E-state index contributed by atoms with van der Waals surface area (Å²) in [6.45, 7) is 3.21. The van der Waals surface area contributed by atoms with E-state index in [2.05, 4.69) is 35.6 Å². The highest BCUT2D eigenvalue weighted by molar-refractivity contribution is 7.72. The van der Waals surface area contributed by atoms with E-state index in [0.29, 0.717) is 11.7 Å². The predicted octanol–water partition coefficient (Wildman–Crippen LogP) is 2.23. The average Bonchev–Trinajstić information content (AvgIpc) is 2.80. The third kappa shape index (κ3) is 3.41. The van der Waals surface area contributed by atoms with Crippen LogP contribution in [0.25, 0.3) is 0 Å². The normalized spacial score (nSPS) is 26.9. The molecule has 20 heavy (non-hydrogen) atoms. The van der Waals surface area contributed by atoms with Crippen molar-refractivity contribution < 1.29 is 8.42 Å². The highest BCUT2D eigenvalue weighted by Crippen LogP contribution is 2.31. The van der Waals surface area contributed by atoms with Gasteiger partial charge in [0.2, 0.25) is 0 Å². The molecule has 0 aromatic heterocycles. The quantitative estimate of drug-likeness (QED) is 0.865. The van der Waals surface area contributed by atoms with Crippen molar-refractivity contribution in [2.75, 3.05) is 12.3 Å². The second-order valence-electron chi connectivity index (χ2n) is 6.13. The number of rotatable bonds is 4. The first-order valence-electron chi connectivity index (χ1n) is 7.45. The Morgan fingerprint density at radius 3 is 2.50 bits per heavy atom. The van der Waals surface area contributed by atoms with Gasteiger partial charge >= 0.3 is 0 Å². The molecule has 109 valence electrons. The average molecular weight is 292 g/mol. The fourth-order valence-corrected chi connectivity index (χ4v) is 4.30. The van der Waals surface area contributed by atoms with Gasteiger partial charge in [-0.25, -0.2) is 8.42 Å². The molecule has 1 radical (unpaired) electrons. The molecule has 0 saturated heterocycles. The molecule has 1 aliphatic heterocycles. The van der Waals surface area contributed by atoms with Gasteiger partial charge in [-0.15, -0.1) is 0 Å². The van der Waals surface area contributed by atoms with Gasteiger partial charge in [0.1, 0.15) is 10.7 Å². The molecule has 0 N–H and O–H groups in total. The van der Waals surface area contributed by atoms with E-state index in [1.165, 1.54) is 17.5 Å².